The Kier molecular flexibility index (Phi) is 7.15. The molecule has 2 aromatic carbocycles. The van der Waals surface area contributed by atoms with Crippen molar-refractivity contribution >= 4 is 29.0 Å². The van der Waals surface area contributed by atoms with Crippen LogP contribution in [0.3, 0.4) is 0 Å². The van der Waals surface area contributed by atoms with E-state index in [2.05, 4.69) is 26.1 Å². The highest BCUT2D eigenvalue weighted by atomic mass is 16.5. The summed E-state index contributed by atoms with van der Waals surface area (Å²) in [5, 5.41) is 12.2. The number of anilines is 3. The van der Waals surface area contributed by atoms with Crippen molar-refractivity contribution < 1.29 is 14.1 Å². The highest BCUT2D eigenvalue weighted by Gasteiger charge is 2.11. The Morgan fingerprint density at radius 2 is 1.60 bits per heavy atom. The van der Waals surface area contributed by atoms with Gasteiger partial charge >= 0.3 is 6.03 Å². The number of amides is 3. The van der Waals surface area contributed by atoms with Gasteiger partial charge in [0.25, 0.3) is 0 Å². The van der Waals surface area contributed by atoms with E-state index in [-0.39, 0.29) is 17.9 Å². The molecule has 3 amide bonds. The first-order chi connectivity index (χ1) is 14.5. The molecule has 8 nitrogen and oxygen atoms in total. The van der Waals surface area contributed by atoms with E-state index in [0.29, 0.717) is 48.0 Å². The highest BCUT2D eigenvalue weighted by Crippen LogP contribution is 2.17. The number of carbonyl (C=O) groups is 2. The van der Waals surface area contributed by atoms with Gasteiger partial charge in [-0.2, -0.15) is 4.98 Å². The molecular formula is C22H25N5O3. The van der Waals surface area contributed by atoms with E-state index in [1.54, 1.807) is 36.4 Å². The van der Waals surface area contributed by atoms with Crippen molar-refractivity contribution in [1.82, 2.24) is 10.1 Å². The zero-order valence-electron chi connectivity index (χ0n) is 17.0. The van der Waals surface area contributed by atoms with Crippen molar-refractivity contribution in [3.05, 3.63) is 66.3 Å². The van der Waals surface area contributed by atoms with Crippen LogP contribution in [-0.4, -0.2) is 22.1 Å². The summed E-state index contributed by atoms with van der Waals surface area (Å²) in [6, 6.07) is 15.8. The Morgan fingerprint density at radius 1 is 0.933 bits per heavy atom. The van der Waals surface area contributed by atoms with E-state index in [9.17, 15) is 9.59 Å². The molecule has 3 aromatic rings. The van der Waals surface area contributed by atoms with Crippen molar-refractivity contribution in [3.63, 3.8) is 0 Å². The Balaban J connectivity index is 1.45. The van der Waals surface area contributed by atoms with Gasteiger partial charge in [-0.15, -0.1) is 0 Å². The molecule has 30 heavy (non-hydrogen) atoms. The lowest BCUT2D eigenvalue weighted by molar-refractivity contribution is -0.116. The standard InChI is InChI=1S/C22H25N5O3/c1-15(2)21-26-20(30-27-21)13-7-12-19(28)23-17-10-6-11-18(14-17)25-22(29)24-16-8-4-3-5-9-16/h3-6,8-11,14-15H,7,12-13H2,1-2H3,(H,23,28)(H2,24,25,29). The van der Waals surface area contributed by atoms with Crippen LogP contribution in [0, 0.1) is 0 Å². The second-order valence-electron chi connectivity index (χ2n) is 7.13. The van der Waals surface area contributed by atoms with Crippen LogP contribution >= 0.6 is 0 Å². The quantitative estimate of drug-likeness (QED) is 0.497. The number of urea groups is 1. The molecule has 1 heterocycles. The molecule has 0 aliphatic rings. The van der Waals surface area contributed by atoms with Gasteiger partial charge in [0.1, 0.15) is 0 Å². The number of aryl methyl sites for hydroxylation is 1. The van der Waals surface area contributed by atoms with Crippen LogP contribution in [0.25, 0.3) is 0 Å². The first-order valence-corrected chi connectivity index (χ1v) is 9.85. The molecule has 0 fully saturated rings. The number of rotatable bonds is 8. The molecule has 156 valence electrons. The summed E-state index contributed by atoms with van der Waals surface area (Å²) < 4.78 is 5.18. The van der Waals surface area contributed by atoms with Crippen LogP contribution in [0.4, 0.5) is 21.9 Å². The summed E-state index contributed by atoms with van der Waals surface area (Å²) >= 11 is 0. The highest BCUT2D eigenvalue weighted by molar-refractivity contribution is 6.00. The normalized spacial score (nSPS) is 10.6. The van der Waals surface area contributed by atoms with Crippen LogP contribution in [0.15, 0.2) is 59.1 Å². The monoisotopic (exact) mass is 407 g/mol. The Hall–Kier alpha value is -3.68. The van der Waals surface area contributed by atoms with E-state index in [1.807, 2.05) is 32.0 Å². The second-order valence-corrected chi connectivity index (χ2v) is 7.13. The first kappa shape index (κ1) is 21.0. The molecule has 0 bridgehead atoms. The number of hydrogen-bond acceptors (Lipinski definition) is 5. The molecule has 0 unspecified atom stereocenters. The van der Waals surface area contributed by atoms with Gasteiger partial charge in [0.2, 0.25) is 11.8 Å². The van der Waals surface area contributed by atoms with Crippen molar-refractivity contribution in [2.24, 2.45) is 0 Å². The fraction of sp³-hybridized carbons (Fsp3) is 0.273. The first-order valence-electron chi connectivity index (χ1n) is 9.85. The molecule has 0 atom stereocenters. The van der Waals surface area contributed by atoms with Gasteiger partial charge in [-0.1, -0.05) is 43.3 Å². The molecule has 0 aliphatic heterocycles. The molecule has 0 spiro atoms. The zero-order chi connectivity index (χ0) is 21.3. The minimum atomic E-state index is -0.356. The van der Waals surface area contributed by atoms with E-state index >= 15 is 0 Å². The van der Waals surface area contributed by atoms with E-state index in [0.717, 1.165) is 0 Å². The number of nitrogens with zero attached hydrogens (tertiary/aromatic N) is 2. The number of nitrogens with one attached hydrogen (secondary N) is 3. The predicted molar refractivity (Wildman–Crippen MR) is 115 cm³/mol. The van der Waals surface area contributed by atoms with Crippen LogP contribution in [0.5, 0.6) is 0 Å². The number of para-hydroxylation sites is 1. The molecule has 8 heteroatoms. The van der Waals surface area contributed by atoms with Gasteiger partial charge in [-0.3, -0.25) is 4.79 Å². The van der Waals surface area contributed by atoms with Crippen LogP contribution in [0.2, 0.25) is 0 Å². The van der Waals surface area contributed by atoms with Crippen molar-refractivity contribution in [2.75, 3.05) is 16.0 Å². The van der Waals surface area contributed by atoms with Gasteiger partial charge in [-0.05, 0) is 36.8 Å². The summed E-state index contributed by atoms with van der Waals surface area (Å²) in [5.74, 6) is 1.31. The molecule has 0 saturated carbocycles. The molecule has 0 saturated heterocycles. The predicted octanol–water partition coefficient (Wildman–Crippen LogP) is 4.80. The van der Waals surface area contributed by atoms with Gasteiger partial charge in [0.05, 0.1) is 0 Å². The number of hydrogen-bond donors (Lipinski definition) is 3. The Bertz CT molecular complexity index is 985. The maximum Gasteiger partial charge on any atom is 0.323 e. The van der Waals surface area contributed by atoms with Gasteiger partial charge < -0.3 is 20.5 Å². The van der Waals surface area contributed by atoms with Crippen molar-refractivity contribution in [3.8, 4) is 0 Å². The third kappa shape index (κ3) is 6.44. The van der Waals surface area contributed by atoms with E-state index < -0.39 is 0 Å². The molecule has 3 N–H and O–H groups in total. The zero-order valence-corrected chi connectivity index (χ0v) is 17.0. The molecular weight excluding hydrogens is 382 g/mol. The Morgan fingerprint density at radius 3 is 2.30 bits per heavy atom. The summed E-state index contributed by atoms with van der Waals surface area (Å²) in [5.41, 5.74) is 1.88. The summed E-state index contributed by atoms with van der Waals surface area (Å²) in [7, 11) is 0. The Labute approximate surface area is 175 Å². The SMILES string of the molecule is CC(C)c1noc(CCCC(=O)Nc2cccc(NC(=O)Nc3ccccc3)c2)n1. The largest absolute Gasteiger partial charge is 0.339 e. The lowest BCUT2D eigenvalue weighted by Crippen LogP contribution is -2.19. The molecule has 0 radical (unpaired) electrons. The van der Waals surface area contributed by atoms with Crippen molar-refractivity contribution in [2.45, 2.75) is 39.0 Å². The van der Waals surface area contributed by atoms with Crippen LogP contribution in [0.1, 0.15) is 44.3 Å². The average Bonchev–Trinajstić information content (AvgIpc) is 3.18. The molecule has 3 rings (SSSR count). The maximum atomic E-state index is 12.2. The fourth-order valence-electron chi connectivity index (χ4n) is 2.72. The number of benzene rings is 2. The lowest BCUT2D eigenvalue weighted by Gasteiger charge is -2.10. The third-order valence-electron chi connectivity index (χ3n) is 4.23. The van der Waals surface area contributed by atoms with Gasteiger partial charge in [0.15, 0.2) is 5.82 Å². The van der Waals surface area contributed by atoms with E-state index in [4.69, 9.17) is 4.52 Å². The minimum Gasteiger partial charge on any atom is -0.339 e. The third-order valence-corrected chi connectivity index (χ3v) is 4.23. The average molecular weight is 407 g/mol. The lowest BCUT2D eigenvalue weighted by atomic mass is 10.2. The maximum absolute atomic E-state index is 12.2. The number of aromatic nitrogens is 2. The minimum absolute atomic E-state index is 0.121. The summed E-state index contributed by atoms with van der Waals surface area (Å²) in [6.07, 6.45) is 1.48. The molecule has 0 aliphatic carbocycles. The number of carbonyl (C=O) groups excluding carboxylic acids is 2. The van der Waals surface area contributed by atoms with Crippen LogP contribution in [-0.2, 0) is 11.2 Å². The molecule has 1 aromatic heterocycles. The van der Waals surface area contributed by atoms with E-state index in [1.165, 1.54) is 0 Å². The smallest absolute Gasteiger partial charge is 0.323 e. The fourth-order valence-corrected chi connectivity index (χ4v) is 2.72. The summed E-state index contributed by atoms with van der Waals surface area (Å²) in [4.78, 5) is 28.6. The van der Waals surface area contributed by atoms with Gasteiger partial charge in [0, 0.05) is 35.8 Å². The van der Waals surface area contributed by atoms with Crippen LogP contribution < -0.4 is 16.0 Å². The topological polar surface area (TPSA) is 109 Å². The van der Waals surface area contributed by atoms with Gasteiger partial charge in [-0.25, -0.2) is 4.79 Å². The van der Waals surface area contributed by atoms with Crippen molar-refractivity contribution in [1.29, 1.82) is 0 Å². The second kappa shape index (κ2) is 10.2. The summed E-state index contributed by atoms with van der Waals surface area (Å²) in [6.45, 7) is 3.99.